The number of benzene rings is 1. The Bertz CT molecular complexity index is 598. The summed E-state index contributed by atoms with van der Waals surface area (Å²) in [7, 11) is 0. The maximum atomic E-state index is 5.66. The highest BCUT2D eigenvalue weighted by Crippen LogP contribution is 2.33. The Kier molecular flexibility index (Phi) is 4.89. The van der Waals surface area contributed by atoms with Gasteiger partial charge in [-0.2, -0.15) is 0 Å². The van der Waals surface area contributed by atoms with Gasteiger partial charge in [-0.15, -0.1) is 0 Å². The van der Waals surface area contributed by atoms with Crippen molar-refractivity contribution in [2.45, 2.75) is 54.0 Å². The smallest absolute Gasteiger partial charge is 0.108 e. The van der Waals surface area contributed by atoms with Gasteiger partial charge in [-0.05, 0) is 68.1 Å². The Morgan fingerprint density at radius 1 is 1.05 bits per heavy atom. The Morgan fingerprint density at radius 3 is 2.19 bits per heavy atom. The van der Waals surface area contributed by atoms with Crippen LogP contribution in [0.1, 0.15) is 59.0 Å². The summed E-state index contributed by atoms with van der Waals surface area (Å²) < 4.78 is 5.66. The van der Waals surface area contributed by atoms with Crippen LogP contribution in [0, 0.1) is 27.7 Å². The molecule has 2 rings (SSSR count). The van der Waals surface area contributed by atoms with Crippen molar-refractivity contribution in [2.75, 3.05) is 6.54 Å². The van der Waals surface area contributed by atoms with Gasteiger partial charge < -0.3 is 9.73 Å². The molecule has 0 fully saturated rings. The van der Waals surface area contributed by atoms with Crippen molar-refractivity contribution in [1.82, 2.24) is 5.32 Å². The minimum atomic E-state index is 0.210. The molecule has 0 bridgehead atoms. The maximum absolute atomic E-state index is 5.66. The van der Waals surface area contributed by atoms with E-state index in [-0.39, 0.29) is 6.04 Å². The third-order valence-corrected chi connectivity index (χ3v) is 4.53. The first-order valence-electron chi connectivity index (χ1n) is 7.88. The van der Waals surface area contributed by atoms with E-state index in [1.165, 1.54) is 33.4 Å². The average Bonchev–Trinajstić information content (AvgIpc) is 2.92. The fourth-order valence-corrected chi connectivity index (χ4v) is 3.15. The van der Waals surface area contributed by atoms with E-state index < -0.39 is 0 Å². The Morgan fingerprint density at radius 2 is 1.67 bits per heavy atom. The number of rotatable bonds is 5. The molecule has 0 aliphatic heterocycles. The molecule has 0 amide bonds. The lowest BCUT2D eigenvalue weighted by molar-refractivity contribution is 0.501. The quantitative estimate of drug-likeness (QED) is 0.855. The summed E-state index contributed by atoms with van der Waals surface area (Å²) >= 11 is 0. The fourth-order valence-electron chi connectivity index (χ4n) is 3.15. The first-order chi connectivity index (χ1) is 10.0. The van der Waals surface area contributed by atoms with Crippen molar-refractivity contribution >= 4 is 0 Å². The van der Waals surface area contributed by atoms with Gasteiger partial charge in [0.1, 0.15) is 5.76 Å². The number of furan rings is 1. The van der Waals surface area contributed by atoms with Crippen molar-refractivity contribution in [3.8, 4) is 0 Å². The van der Waals surface area contributed by atoms with Crippen molar-refractivity contribution in [3.05, 3.63) is 57.5 Å². The molecule has 1 aromatic heterocycles. The Balaban J connectivity index is 2.64. The molecule has 2 nitrogen and oxygen atoms in total. The SMILES string of the molecule is CCNC(c1ccoc1CC)c1c(C)c(C)cc(C)c1C. The highest BCUT2D eigenvalue weighted by molar-refractivity contribution is 5.49. The first kappa shape index (κ1) is 15.8. The van der Waals surface area contributed by atoms with E-state index >= 15 is 0 Å². The molecule has 0 saturated carbocycles. The van der Waals surface area contributed by atoms with E-state index in [9.17, 15) is 0 Å². The van der Waals surface area contributed by atoms with Crippen LogP contribution in [0.4, 0.5) is 0 Å². The van der Waals surface area contributed by atoms with Gasteiger partial charge in [0, 0.05) is 12.0 Å². The van der Waals surface area contributed by atoms with Gasteiger partial charge in [-0.25, -0.2) is 0 Å². The van der Waals surface area contributed by atoms with Gasteiger partial charge in [0.05, 0.1) is 12.3 Å². The topological polar surface area (TPSA) is 25.2 Å². The van der Waals surface area contributed by atoms with Crippen LogP contribution in [0.3, 0.4) is 0 Å². The molecule has 114 valence electrons. The largest absolute Gasteiger partial charge is 0.469 e. The number of nitrogens with one attached hydrogen (secondary N) is 1. The van der Waals surface area contributed by atoms with Crippen LogP contribution in [0.15, 0.2) is 22.8 Å². The third kappa shape index (κ3) is 2.91. The van der Waals surface area contributed by atoms with Crippen LogP contribution in [0.25, 0.3) is 0 Å². The van der Waals surface area contributed by atoms with Crippen molar-refractivity contribution < 1.29 is 4.42 Å². The minimum Gasteiger partial charge on any atom is -0.469 e. The lowest BCUT2D eigenvalue weighted by Gasteiger charge is -2.25. The molecule has 1 aromatic carbocycles. The molecule has 21 heavy (non-hydrogen) atoms. The summed E-state index contributed by atoms with van der Waals surface area (Å²) in [4.78, 5) is 0. The molecule has 2 aromatic rings. The van der Waals surface area contributed by atoms with Crippen LogP contribution in [0.2, 0.25) is 0 Å². The molecule has 0 saturated heterocycles. The molecule has 1 heterocycles. The van der Waals surface area contributed by atoms with Gasteiger partial charge in [-0.1, -0.05) is 19.9 Å². The third-order valence-electron chi connectivity index (χ3n) is 4.53. The average molecular weight is 285 g/mol. The van der Waals surface area contributed by atoms with Gasteiger partial charge in [-0.3, -0.25) is 0 Å². The number of hydrogen-bond acceptors (Lipinski definition) is 2. The van der Waals surface area contributed by atoms with Crippen LogP contribution in [-0.4, -0.2) is 6.54 Å². The summed E-state index contributed by atoms with van der Waals surface area (Å²) in [5, 5.41) is 3.65. The van der Waals surface area contributed by atoms with E-state index in [1.807, 2.05) is 6.26 Å². The van der Waals surface area contributed by atoms with Crippen LogP contribution in [0.5, 0.6) is 0 Å². The van der Waals surface area contributed by atoms with Crippen LogP contribution in [-0.2, 0) is 6.42 Å². The number of hydrogen-bond donors (Lipinski definition) is 1. The predicted molar refractivity (Wildman–Crippen MR) is 89.0 cm³/mol. The molecule has 0 radical (unpaired) electrons. The van der Waals surface area contributed by atoms with E-state index in [4.69, 9.17) is 4.42 Å². The van der Waals surface area contributed by atoms with E-state index in [0.29, 0.717) is 0 Å². The lowest BCUT2D eigenvalue weighted by Crippen LogP contribution is -2.24. The summed E-state index contributed by atoms with van der Waals surface area (Å²) in [5.41, 5.74) is 8.16. The fraction of sp³-hybridized carbons (Fsp3) is 0.474. The normalized spacial score (nSPS) is 12.7. The van der Waals surface area contributed by atoms with E-state index in [1.54, 1.807) is 0 Å². The summed E-state index contributed by atoms with van der Waals surface area (Å²) in [5.74, 6) is 1.08. The molecule has 0 spiro atoms. The van der Waals surface area contributed by atoms with Gasteiger partial charge in [0.2, 0.25) is 0 Å². The molecular weight excluding hydrogens is 258 g/mol. The number of aryl methyl sites for hydroxylation is 3. The molecule has 0 aliphatic rings. The van der Waals surface area contributed by atoms with Crippen LogP contribution < -0.4 is 5.32 Å². The summed E-state index contributed by atoms with van der Waals surface area (Å²) in [6.45, 7) is 14.1. The Hall–Kier alpha value is -1.54. The zero-order valence-electron chi connectivity index (χ0n) is 14.1. The molecule has 1 N–H and O–H groups in total. The predicted octanol–water partition coefficient (Wildman–Crippen LogP) is 4.77. The van der Waals surface area contributed by atoms with Gasteiger partial charge >= 0.3 is 0 Å². The first-order valence-corrected chi connectivity index (χ1v) is 7.88. The molecule has 2 heteroatoms. The second kappa shape index (κ2) is 6.48. The maximum Gasteiger partial charge on any atom is 0.108 e. The second-order valence-corrected chi connectivity index (χ2v) is 5.82. The molecule has 1 atom stereocenters. The minimum absolute atomic E-state index is 0.210. The lowest BCUT2D eigenvalue weighted by atomic mass is 9.86. The Labute approximate surface area is 128 Å². The van der Waals surface area contributed by atoms with E-state index in [0.717, 1.165) is 18.7 Å². The standard InChI is InChI=1S/C19H27NO/c1-7-17-16(9-10-21-17)19(20-8-2)18-14(5)12(3)11-13(4)15(18)6/h9-11,19-20H,7-8H2,1-6H3. The molecular formula is C19H27NO. The van der Waals surface area contributed by atoms with Crippen LogP contribution >= 0.6 is 0 Å². The van der Waals surface area contributed by atoms with Gasteiger partial charge in [0.25, 0.3) is 0 Å². The summed E-state index contributed by atoms with van der Waals surface area (Å²) in [6.07, 6.45) is 2.74. The highest BCUT2D eigenvalue weighted by Gasteiger charge is 2.23. The highest BCUT2D eigenvalue weighted by atomic mass is 16.3. The van der Waals surface area contributed by atoms with Gasteiger partial charge in [0.15, 0.2) is 0 Å². The molecule has 0 aliphatic carbocycles. The van der Waals surface area contributed by atoms with Crippen molar-refractivity contribution in [1.29, 1.82) is 0 Å². The van der Waals surface area contributed by atoms with E-state index in [2.05, 4.69) is 59.0 Å². The van der Waals surface area contributed by atoms with Crippen molar-refractivity contribution in [2.24, 2.45) is 0 Å². The molecule has 1 unspecified atom stereocenters. The monoisotopic (exact) mass is 285 g/mol. The summed E-state index contributed by atoms with van der Waals surface area (Å²) in [6, 6.07) is 4.61. The second-order valence-electron chi connectivity index (χ2n) is 5.82. The zero-order chi connectivity index (χ0) is 15.6. The zero-order valence-corrected chi connectivity index (χ0v) is 14.1. The van der Waals surface area contributed by atoms with Crippen molar-refractivity contribution in [3.63, 3.8) is 0 Å².